The van der Waals surface area contributed by atoms with Gasteiger partial charge in [-0.05, 0) is 31.2 Å². The number of nitriles is 1. The standard InChI is InChI=1S/C22H18F3N5O3/c1-13(22(23,24)25)33-19-4-3-14(9-26)7-17(19)21(31)29-11-15-10-28-30(18(15)12-29)16-5-6-27-20(8-16)32-2/h3-8,10,13H,11-12H2,1-2H3/t13-/m0/s1. The molecule has 11 heteroatoms. The molecule has 1 atom stereocenters. The van der Waals surface area contributed by atoms with Gasteiger partial charge >= 0.3 is 6.18 Å². The van der Waals surface area contributed by atoms with E-state index in [0.29, 0.717) is 11.6 Å². The number of nitrogens with zero attached hydrogens (tertiary/aromatic N) is 5. The van der Waals surface area contributed by atoms with E-state index in [1.54, 1.807) is 29.2 Å². The molecule has 0 saturated carbocycles. The Hall–Kier alpha value is -4.07. The predicted octanol–water partition coefficient (Wildman–Crippen LogP) is 3.63. The van der Waals surface area contributed by atoms with Crippen molar-refractivity contribution in [1.29, 1.82) is 5.26 Å². The summed E-state index contributed by atoms with van der Waals surface area (Å²) in [6.45, 7) is 1.24. The highest BCUT2D eigenvalue weighted by Crippen LogP contribution is 2.32. The number of carbonyl (C=O) groups excluding carboxylic acids is 1. The van der Waals surface area contributed by atoms with Crippen LogP contribution in [0.2, 0.25) is 0 Å². The summed E-state index contributed by atoms with van der Waals surface area (Å²) in [6, 6.07) is 9.09. The van der Waals surface area contributed by atoms with Crippen LogP contribution in [0.1, 0.15) is 34.1 Å². The van der Waals surface area contributed by atoms with Crippen LogP contribution in [0.15, 0.2) is 42.7 Å². The number of ether oxygens (including phenoxy) is 2. The Kier molecular flexibility index (Phi) is 5.68. The number of methoxy groups -OCH3 is 1. The van der Waals surface area contributed by atoms with Crippen molar-refractivity contribution >= 4 is 5.91 Å². The fraction of sp³-hybridized carbons (Fsp3) is 0.273. The van der Waals surface area contributed by atoms with Crippen LogP contribution in [-0.4, -0.2) is 45.0 Å². The second-order valence-corrected chi connectivity index (χ2v) is 7.37. The summed E-state index contributed by atoms with van der Waals surface area (Å²) in [6.07, 6.45) is -3.53. The van der Waals surface area contributed by atoms with E-state index < -0.39 is 18.2 Å². The first kappa shape index (κ1) is 22.1. The lowest BCUT2D eigenvalue weighted by atomic mass is 10.1. The molecular weight excluding hydrogens is 439 g/mol. The van der Waals surface area contributed by atoms with Crippen molar-refractivity contribution in [2.75, 3.05) is 7.11 Å². The minimum atomic E-state index is -4.60. The molecule has 0 spiro atoms. The third kappa shape index (κ3) is 4.32. The van der Waals surface area contributed by atoms with Gasteiger partial charge in [-0.2, -0.15) is 23.5 Å². The number of halogens is 3. The molecule has 0 bridgehead atoms. The van der Waals surface area contributed by atoms with E-state index in [1.165, 1.54) is 30.2 Å². The summed E-state index contributed by atoms with van der Waals surface area (Å²) < 4.78 is 50.9. The van der Waals surface area contributed by atoms with Gasteiger partial charge in [-0.3, -0.25) is 4.79 Å². The van der Waals surface area contributed by atoms with E-state index in [-0.39, 0.29) is 30.0 Å². The molecular formula is C22H18F3N5O3. The van der Waals surface area contributed by atoms with Gasteiger partial charge in [0.25, 0.3) is 5.91 Å². The number of pyridine rings is 1. The lowest BCUT2D eigenvalue weighted by molar-refractivity contribution is -0.189. The Morgan fingerprint density at radius 2 is 2.03 bits per heavy atom. The molecule has 1 aliphatic rings. The minimum Gasteiger partial charge on any atom is -0.481 e. The number of benzene rings is 1. The zero-order valence-electron chi connectivity index (χ0n) is 17.6. The molecule has 170 valence electrons. The summed E-state index contributed by atoms with van der Waals surface area (Å²) in [5.74, 6) is -0.386. The van der Waals surface area contributed by atoms with E-state index in [4.69, 9.17) is 9.47 Å². The lowest BCUT2D eigenvalue weighted by Crippen LogP contribution is -2.32. The van der Waals surface area contributed by atoms with Gasteiger partial charge in [-0.25, -0.2) is 9.67 Å². The number of rotatable bonds is 5. The SMILES string of the molecule is COc1cc(-n2ncc3c2CN(C(=O)c2cc(C#N)ccc2O[C@@H](C)C(F)(F)F)C3)ccn1. The number of alkyl halides is 3. The van der Waals surface area contributed by atoms with Crippen molar-refractivity contribution in [2.24, 2.45) is 0 Å². The summed E-state index contributed by atoms with van der Waals surface area (Å²) in [5, 5.41) is 13.6. The van der Waals surface area contributed by atoms with Gasteiger partial charge in [-0.1, -0.05) is 0 Å². The lowest BCUT2D eigenvalue weighted by Gasteiger charge is -2.22. The van der Waals surface area contributed by atoms with Gasteiger partial charge in [0.1, 0.15) is 5.75 Å². The molecule has 0 aliphatic carbocycles. The van der Waals surface area contributed by atoms with Crippen molar-refractivity contribution in [3.05, 3.63) is 65.1 Å². The van der Waals surface area contributed by atoms with Crippen LogP contribution >= 0.6 is 0 Å². The monoisotopic (exact) mass is 457 g/mol. The quantitative estimate of drug-likeness (QED) is 0.581. The zero-order chi connectivity index (χ0) is 23.8. The van der Waals surface area contributed by atoms with Gasteiger partial charge < -0.3 is 14.4 Å². The Morgan fingerprint density at radius 3 is 2.73 bits per heavy atom. The Morgan fingerprint density at radius 1 is 1.24 bits per heavy atom. The van der Waals surface area contributed by atoms with E-state index in [9.17, 15) is 23.2 Å². The van der Waals surface area contributed by atoms with Crippen LogP contribution in [0.5, 0.6) is 11.6 Å². The van der Waals surface area contributed by atoms with Crippen LogP contribution in [0.4, 0.5) is 13.2 Å². The van der Waals surface area contributed by atoms with Crippen LogP contribution < -0.4 is 9.47 Å². The zero-order valence-corrected chi connectivity index (χ0v) is 17.6. The van der Waals surface area contributed by atoms with Crippen molar-refractivity contribution < 1.29 is 27.4 Å². The van der Waals surface area contributed by atoms with E-state index in [1.807, 2.05) is 6.07 Å². The molecule has 3 heterocycles. The Bertz CT molecular complexity index is 1250. The summed E-state index contributed by atoms with van der Waals surface area (Å²) in [4.78, 5) is 18.8. The number of carbonyl (C=O) groups is 1. The van der Waals surface area contributed by atoms with Crippen LogP contribution in [0, 0.1) is 11.3 Å². The predicted molar refractivity (Wildman–Crippen MR) is 109 cm³/mol. The van der Waals surface area contributed by atoms with E-state index >= 15 is 0 Å². The Labute approximate surface area is 186 Å². The molecule has 1 aliphatic heterocycles. The largest absolute Gasteiger partial charge is 0.481 e. The van der Waals surface area contributed by atoms with Crippen molar-refractivity contribution in [2.45, 2.75) is 32.3 Å². The molecule has 4 rings (SSSR count). The molecule has 1 amide bonds. The topological polar surface area (TPSA) is 93.3 Å². The first-order valence-corrected chi connectivity index (χ1v) is 9.84. The average molecular weight is 457 g/mol. The third-order valence-electron chi connectivity index (χ3n) is 5.22. The summed E-state index contributed by atoms with van der Waals surface area (Å²) in [5.41, 5.74) is 2.25. The molecule has 1 aromatic carbocycles. The molecule has 3 aromatic rings. The molecule has 8 nitrogen and oxygen atoms in total. The maximum Gasteiger partial charge on any atom is 0.425 e. The summed E-state index contributed by atoms with van der Waals surface area (Å²) >= 11 is 0. The van der Waals surface area contributed by atoms with Gasteiger partial charge in [0.05, 0.1) is 48.4 Å². The fourth-order valence-corrected chi connectivity index (χ4v) is 3.46. The van der Waals surface area contributed by atoms with Crippen molar-refractivity contribution in [1.82, 2.24) is 19.7 Å². The average Bonchev–Trinajstić information content (AvgIpc) is 3.39. The first-order valence-electron chi connectivity index (χ1n) is 9.84. The van der Waals surface area contributed by atoms with Crippen molar-refractivity contribution in [3.63, 3.8) is 0 Å². The molecule has 0 unspecified atom stereocenters. The highest BCUT2D eigenvalue weighted by Gasteiger charge is 2.39. The summed E-state index contributed by atoms with van der Waals surface area (Å²) in [7, 11) is 1.49. The third-order valence-corrected chi connectivity index (χ3v) is 5.22. The molecule has 0 N–H and O–H groups in total. The molecule has 0 saturated heterocycles. The van der Waals surface area contributed by atoms with Gasteiger partial charge in [0.2, 0.25) is 5.88 Å². The van der Waals surface area contributed by atoms with Crippen LogP contribution in [-0.2, 0) is 13.1 Å². The van der Waals surface area contributed by atoms with E-state index in [0.717, 1.165) is 18.2 Å². The highest BCUT2D eigenvalue weighted by molar-refractivity contribution is 5.97. The first-order chi connectivity index (χ1) is 15.7. The number of fused-ring (bicyclic) bond motifs is 1. The fourth-order valence-electron chi connectivity index (χ4n) is 3.46. The molecule has 33 heavy (non-hydrogen) atoms. The van der Waals surface area contributed by atoms with Gasteiger partial charge in [0, 0.05) is 24.4 Å². The Balaban J connectivity index is 1.62. The number of amides is 1. The van der Waals surface area contributed by atoms with E-state index in [2.05, 4.69) is 10.1 Å². The van der Waals surface area contributed by atoms with Crippen molar-refractivity contribution in [3.8, 4) is 23.4 Å². The van der Waals surface area contributed by atoms with Gasteiger partial charge in [-0.15, -0.1) is 0 Å². The molecule has 0 fully saturated rings. The van der Waals surface area contributed by atoms with Gasteiger partial charge in [0.15, 0.2) is 6.10 Å². The second kappa shape index (κ2) is 8.46. The molecule has 0 radical (unpaired) electrons. The number of aromatic nitrogens is 3. The van der Waals surface area contributed by atoms with Crippen LogP contribution in [0.25, 0.3) is 5.69 Å². The number of hydrogen-bond acceptors (Lipinski definition) is 6. The maximum atomic E-state index is 13.3. The minimum absolute atomic E-state index is 0.111. The number of hydrogen-bond donors (Lipinski definition) is 0. The highest BCUT2D eigenvalue weighted by atomic mass is 19.4. The molecule has 2 aromatic heterocycles. The van der Waals surface area contributed by atoms with Crippen LogP contribution in [0.3, 0.4) is 0 Å². The smallest absolute Gasteiger partial charge is 0.425 e. The second-order valence-electron chi connectivity index (χ2n) is 7.37. The maximum absolute atomic E-state index is 13.3. The normalized spacial score (nSPS) is 13.9.